The summed E-state index contributed by atoms with van der Waals surface area (Å²) in [7, 11) is 0. The van der Waals surface area contributed by atoms with Crippen LogP contribution >= 0.6 is 0 Å². The third-order valence-corrected chi connectivity index (χ3v) is 5.79. The summed E-state index contributed by atoms with van der Waals surface area (Å²) in [6, 6.07) is 19.4. The molecule has 0 aliphatic carbocycles. The lowest BCUT2D eigenvalue weighted by molar-refractivity contribution is -0.120. The van der Waals surface area contributed by atoms with Crippen molar-refractivity contribution in [3.05, 3.63) is 88.3 Å². The number of nitrogens with one attached hydrogen (secondary N) is 1. The highest BCUT2D eigenvalue weighted by Gasteiger charge is 2.26. The van der Waals surface area contributed by atoms with Gasteiger partial charge in [0.1, 0.15) is 0 Å². The van der Waals surface area contributed by atoms with Gasteiger partial charge < -0.3 is 10.2 Å². The van der Waals surface area contributed by atoms with E-state index in [4.69, 9.17) is 0 Å². The zero-order chi connectivity index (χ0) is 21.6. The molecule has 2 heterocycles. The number of carbonyl (C=O) groups excluding carboxylic acids is 1. The first-order chi connectivity index (χ1) is 15.1. The number of aromatic nitrogens is 2. The van der Waals surface area contributed by atoms with E-state index in [1.54, 1.807) is 12.3 Å². The van der Waals surface area contributed by atoms with Gasteiger partial charge in [0, 0.05) is 24.8 Å². The molecule has 160 valence electrons. The van der Waals surface area contributed by atoms with Crippen molar-refractivity contribution < 1.29 is 4.79 Å². The summed E-state index contributed by atoms with van der Waals surface area (Å²) in [6.45, 7) is 3.95. The number of hydrogen-bond donors (Lipinski definition) is 1. The molecule has 1 amide bonds. The van der Waals surface area contributed by atoms with Gasteiger partial charge in [0.05, 0.1) is 24.3 Å². The second kappa shape index (κ2) is 9.60. The third-order valence-electron chi connectivity index (χ3n) is 5.79. The van der Waals surface area contributed by atoms with Gasteiger partial charge in [0.25, 0.3) is 5.56 Å². The minimum absolute atomic E-state index is 0.0309. The molecule has 31 heavy (non-hydrogen) atoms. The van der Waals surface area contributed by atoms with E-state index < -0.39 is 0 Å². The Morgan fingerprint density at radius 3 is 2.68 bits per heavy atom. The van der Waals surface area contributed by atoms with Crippen molar-refractivity contribution in [1.29, 1.82) is 0 Å². The molecule has 0 spiro atoms. The van der Waals surface area contributed by atoms with Crippen LogP contribution in [0.25, 0.3) is 0 Å². The number of piperidine rings is 1. The summed E-state index contributed by atoms with van der Waals surface area (Å²) in [6.07, 6.45) is 4.41. The standard InChI is InChI=1S/C25H28N4O2/c1-2-19-10-6-12-22(14-19)27-25(31)21-11-7-13-28(18-21)23-15-24(30)29(26-16-23)17-20-8-4-3-5-9-20/h3-6,8-10,12,14-16,21H,2,7,11,13,17-18H2,1H3,(H,27,31)/t21-/m0/s1. The SMILES string of the molecule is CCc1cccc(NC(=O)[C@H]2CCCN(c3cnn(Cc4ccccc4)c(=O)c3)C2)c1. The molecule has 3 aromatic rings. The van der Waals surface area contributed by atoms with Crippen LogP contribution in [0, 0.1) is 5.92 Å². The normalized spacial score (nSPS) is 16.2. The second-order valence-electron chi connectivity index (χ2n) is 8.02. The van der Waals surface area contributed by atoms with E-state index in [1.165, 1.54) is 10.2 Å². The fourth-order valence-electron chi connectivity index (χ4n) is 4.01. The average molecular weight is 417 g/mol. The Bertz CT molecular complexity index is 1090. The molecule has 1 atom stereocenters. The number of rotatable bonds is 6. The quantitative estimate of drug-likeness (QED) is 0.665. The van der Waals surface area contributed by atoms with Gasteiger partial charge in [0.15, 0.2) is 0 Å². The van der Waals surface area contributed by atoms with Crippen LogP contribution in [0.3, 0.4) is 0 Å². The van der Waals surface area contributed by atoms with Gasteiger partial charge in [-0.3, -0.25) is 9.59 Å². The van der Waals surface area contributed by atoms with Crippen molar-refractivity contribution in [3.63, 3.8) is 0 Å². The monoisotopic (exact) mass is 416 g/mol. The van der Waals surface area contributed by atoms with Gasteiger partial charge in [-0.2, -0.15) is 5.10 Å². The lowest BCUT2D eigenvalue weighted by Gasteiger charge is -2.33. The number of anilines is 2. The van der Waals surface area contributed by atoms with Crippen LogP contribution in [-0.2, 0) is 17.8 Å². The van der Waals surface area contributed by atoms with Gasteiger partial charge in [-0.1, -0.05) is 49.4 Å². The topological polar surface area (TPSA) is 67.2 Å². The van der Waals surface area contributed by atoms with E-state index in [0.29, 0.717) is 13.1 Å². The highest BCUT2D eigenvalue weighted by molar-refractivity contribution is 5.93. The van der Waals surface area contributed by atoms with E-state index in [1.807, 2.05) is 48.5 Å². The summed E-state index contributed by atoms with van der Waals surface area (Å²) in [5.74, 6) is -0.0888. The van der Waals surface area contributed by atoms with Gasteiger partial charge in [-0.05, 0) is 42.5 Å². The van der Waals surface area contributed by atoms with E-state index >= 15 is 0 Å². The molecule has 2 aromatic carbocycles. The summed E-state index contributed by atoms with van der Waals surface area (Å²) in [5, 5.41) is 7.43. The van der Waals surface area contributed by atoms with Gasteiger partial charge in [-0.25, -0.2) is 4.68 Å². The first-order valence-electron chi connectivity index (χ1n) is 10.9. The number of carbonyl (C=O) groups is 1. The number of nitrogens with zero attached hydrogens (tertiary/aromatic N) is 3. The van der Waals surface area contributed by atoms with Crippen LogP contribution in [0.5, 0.6) is 0 Å². The van der Waals surface area contributed by atoms with Crippen LogP contribution < -0.4 is 15.8 Å². The van der Waals surface area contributed by atoms with E-state index in [0.717, 1.165) is 42.7 Å². The van der Waals surface area contributed by atoms with Crippen LogP contribution in [0.2, 0.25) is 0 Å². The van der Waals surface area contributed by atoms with Crippen LogP contribution in [0.15, 0.2) is 71.7 Å². The van der Waals surface area contributed by atoms with Crippen LogP contribution in [0.1, 0.15) is 30.9 Å². The Morgan fingerprint density at radius 2 is 1.90 bits per heavy atom. The highest BCUT2D eigenvalue weighted by Crippen LogP contribution is 2.23. The molecule has 0 bridgehead atoms. The molecular weight excluding hydrogens is 388 g/mol. The van der Waals surface area contributed by atoms with E-state index in [9.17, 15) is 9.59 Å². The molecule has 1 saturated heterocycles. The lowest BCUT2D eigenvalue weighted by atomic mass is 9.96. The maximum atomic E-state index is 12.8. The fraction of sp³-hybridized carbons (Fsp3) is 0.320. The van der Waals surface area contributed by atoms with Crippen LogP contribution in [0.4, 0.5) is 11.4 Å². The summed E-state index contributed by atoms with van der Waals surface area (Å²) in [5.41, 5.74) is 3.72. The molecule has 1 fully saturated rings. The minimum atomic E-state index is -0.135. The molecule has 1 aromatic heterocycles. The van der Waals surface area contributed by atoms with Crippen molar-refractivity contribution in [1.82, 2.24) is 9.78 Å². The number of aryl methyl sites for hydroxylation is 1. The molecule has 4 rings (SSSR count). The predicted octanol–water partition coefficient (Wildman–Crippen LogP) is 3.71. The smallest absolute Gasteiger partial charge is 0.269 e. The second-order valence-corrected chi connectivity index (χ2v) is 8.02. The summed E-state index contributed by atoms with van der Waals surface area (Å²) >= 11 is 0. The Hall–Kier alpha value is -3.41. The van der Waals surface area contributed by atoms with E-state index in [-0.39, 0.29) is 17.4 Å². The lowest BCUT2D eigenvalue weighted by Crippen LogP contribution is -2.41. The zero-order valence-electron chi connectivity index (χ0n) is 17.8. The predicted molar refractivity (Wildman–Crippen MR) is 123 cm³/mol. The van der Waals surface area contributed by atoms with Gasteiger partial charge in [0.2, 0.25) is 5.91 Å². The highest BCUT2D eigenvalue weighted by atomic mass is 16.2. The Kier molecular flexibility index (Phi) is 6.46. The van der Waals surface area contributed by atoms with Crippen molar-refractivity contribution in [2.45, 2.75) is 32.7 Å². The minimum Gasteiger partial charge on any atom is -0.369 e. The maximum absolute atomic E-state index is 12.8. The summed E-state index contributed by atoms with van der Waals surface area (Å²) < 4.78 is 1.47. The van der Waals surface area contributed by atoms with Crippen molar-refractivity contribution in [2.24, 2.45) is 5.92 Å². The molecule has 1 aliphatic heterocycles. The molecule has 6 heteroatoms. The summed E-state index contributed by atoms with van der Waals surface area (Å²) in [4.78, 5) is 27.5. The zero-order valence-corrected chi connectivity index (χ0v) is 17.8. The molecule has 0 radical (unpaired) electrons. The first-order valence-corrected chi connectivity index (χ1v) is 10.9. The first kappa shape index (κ1) is 20.8. The number of hydrogen-bond acceptors (Lipinski definition) is 4. The van der Waals surface area contributed by atoms with Crippen molar-refractivity contribution >= 4 is 17.3 Å². The molecule has 6 nitrogen and oxygen atoms in total. The largest absolute Gasteiger partial charge is 0.369 e. The molecular formula is C25H28N4O2. The Morgan fingerprint density at radius 1 is 1.10 bits per heavy atom. The molecule has 1 aliphatic rings. The van der Waals surface area contributed by atoms with Crippen molar-refractivity contribution in [3.8, 4) is 0 Å². The van der Waals surface area contributed by atoms with Crippen molar-refractivity contribution in [2.75, 3.05) is 23.3 Å². The number of amides is 1. The molecule has 1 N–H and O–H groups in total. The Balaban J connectivity index is 1.42. The Labute approximate surface area is 182 Å². The fourth-order valence-corrected chi connectivity index (χ4v) is 4.01. The molecule has 0 saturated carbocycles. The third kappa shape index (κ3) is 5.20. The van der Waals surface area contributed by atoms with Gasteiger partial charge in [-0.15, -0.1) is 0 Å². The maximum Gasteiger partial charge on any atom is 0.269 e. The van der Waals surface area contributed by atoms with E-state index in [2.05, 4.69) is 28.3 Å². The molecule has 0 unspecified atom stereocenters. The van der Waals surface area contributed by atoms with Crippen LogP contribution in [-0.4, -0.2) is 28.8 Å². The average Bonchev–Trinajstić information content (AvgIpc) is 2.81. The van der Waals surface area contributed by atoms with Gasteiger partial charge >= 0.3 is 0 Å². The number of benzene rings is 2.